The molecule has 11 nitrogen and oxygen atoms in total. The normalized spacial score (nSPS) is 12.1. The summed E-state index contributed by atoms with van der Waals surface area (Å²) >= 11 is 0. The largest absolute Gasteiger partial charge is 0.466 e. The Kier molecular flexibility index (Phi) is 11.3. The Bertz CT molecular complexity index is 1440. The Morgan fingerprint density at radius 1 is 1.02 bits per heavy atom. The van der Waals surface area contributed by atoms with Crippen LogP contribution in [0.3, 0.4) is 0 Å². The number of H-pyrrole nitrogens is 1. The number of hydrogen-bond donors (Lipinski definition) is 3. The van der Waals surface area contributed by atoms with E-state index in [1.165, 1.54) is 0 Å². The van der Waals surface area contributed by atoms with E-state index in [1.807, 2.05) is 36.7 Å². The van der Waals surface area contributed by atoms with Gasteiger partial charge in [0.15, 0.2) is 0 Å². The minimum absolute atomic E-state index is 0.0218. The molecule has 0 fully saturated rings. The van der Waals surface area contributed by atoms with Crippen LogP contribution in [0.5, 0.6) is 0 Å². The van der Waals surface area contributed by atoms with Crippen LogP contribution in [-0.4, -0.2) is 57.2 Å². The van der Waals surface area contributed by atoms with Gasteiger partial charge < -0.3 is 24.7 Å². The number of rotatable bonds is 14. The highest BCUT2D eigenvalue weighted by molar-refractivity contribution is 5.97. The van der Waals surface area contributed by atoms with Crippen molar-refractivity contribution in [1.82, 2.24) is 19.9 Å². The molecule has 0 aliphatic heterocycles. The van der Waals surface area contributed by atoms with Crippen molar-refractivity contribution in [2.24, 2.45) is 0 Å². The third kappa shape index (κ3) is 8.67. The number of nitrogens with one attached hydrogen (secondary N) is 3. The van der Waals surface area contributed by atoms with Crippen LogP contribution in [0, 0.1) is 0 Å². The summed E-state index contributed by atoms with van der Waals surface area (Å²) in [6.07, 6.45) is 2.94. The Morgan fingerprint density at radius 2 is 1.71 bits per heavy atom. The van der Waals surface area contributed by atoms with Crippen LogP contribution < -0.4 is 16.2 Å². The van der Waals surface area contributed by atoms with E-state index in [1.54, 1.807) is 32.9 Å². The molecule has 0 aliphatic carbocycles. The fourth-order valence-electron chi connectivity index (χ4n) is 4.56. The molecular formula is C31H43N5O6. The number of carbonyl (C=O) groups is 3. The van der Waals surface area contributed by atoms with Crippen molar-refractivity contribution in [3.8, 4) is 0 Å². The number of aryl methyl sites for hydroxylation is 2. The molecule has 0 bridgehead atoms. The fraction of sp³-hybridized carbons (Fsp3) is 0.516. The van der Waals surface area contributed by atoms with Gasteiger partial charge in [0.05, 0.1) is 18.1 Å². The molecule has 0 unspecified atom stereocenters. The van der Waals surface area contributed by atoms with Gasteiger partial charge in [0.2, 0.25) is 5.95 Å². The van der Waals surface area contributed by atoms with Crippen molar-refractivity contribution >= 4 is 34.8 Å². The van der Waals surface area contributed by atoms with Crippen molar-refractivity contribution < 1.29 is 23.9 Å². The average Bonchev–Trinajstić information content (AvgIpc) is 3.28. The van der Waals surface area contributed by atoms with Crippen molar-refractivity contribution in [3.05, 3.63) is 57.5 Å². The van der Waals surface area contributed by atoms with E-state index in [0.717, 1.165) is 11.1 Å². The molecule has 2 aromatic heterocycles. The van der Waals surface area contributed by atoms with Gasteiger partial charge in [-0.1, -0.05) is 12.1 Å². The van der Waals surface area contributed by atoms with E-state index in [0.29, 0.717) is 35.4 Å². The zero-order valence-electron chi connectivity index (χ0n) is 25.6. The lowest BCUT2D eigenvalue weighted by atomic mass is 10.0. The zero-order valence-corrected chi connectivity index (χ0v) is 25.6. The summed E-state index contributed by atoms with van der Waals surface area (Å²) in [5.41, 5.74) is 2.72. The second-order valence-corrected chi connectivity index (χ2v) is 11.1. The van der Waals surface area contributed by atoms with Gasteiger partial charge in [0.25, 0.3) is 11.5 Å². The molecule has 42 heavy (non-hydrogen) atoms. The maximum absolute atomic E-state index is 13.0. The minimum atomic E-state index is -0.981. The van der Waals surface area contributed by atoms with Crippen LogP contribution in [-0.2, 0) is 31.9 Å². The molecule has 0 saturated heterocycles. The topological polar surface area (TPSA) is 144 Å². The summed E-state index contributed by atoms with van der Waals surface area (Å²) < 4.78 is 12.2. The number of aromatic nitrogens is 3. The van der Waals surface area contributed by atoms with Gasteiger partial charge in [-0.15, -0.1) is 0 Å². The molecule has 1 amide bonds. The molecule has 1 aromatic carbocycles. The smallest absolute Gasteiger partial charge is 0.328 e. The van der Waals surface area contributed by atoms with Gasteiger partial charge in [-0.05, 0) is 91.0 Å². The lowest BCUT2D eigenvalue weighted by Gasteiger charge is -2.19. The number of anilines is 1. The maximum atomic E-state index is 13.0. The molecule has 11 heteroatoms. The molecule has 0 radical (unpaired) electrons. The van der Waals surface area contributed by atoms with Crippen molar-refractivity contribution in [2.45, 2.75) is 98.4 Å². The Balaban J connectivity index is 1.72. The van der Waals surface area contributed by atoms with Crippen LogP contribution in [0.4, 0.5) is 5.95 Å². The van der Waals surface area contributed by atoms with E-state index < -0.39 is 23.9 Å². The highest BCUT2D eigenvalue weighted by Crippen LogP contribution is 2.23. The van der Waals surface area contributed by atoms with Crippen LogP contribution in [0.25, 0.3) is 11.0 Å². The molecule has 3 aromatic rings. The second kappa shape index (κ2) is 14.7. The Hall–Kier alpha value is -4.15. The quantitative estimate of drug-likeness (QED) is 0.239. The van der Waals surface area contributed by atoms with E-state index in [9.17, 15) is 19.2 Å². The number of fused-ring (bicyclic) bond motifs is 1. The standard InChI is InChI=1S/C31H43N5O6/c1-8-41-25(37)16-15-24(30(40)42-20(6)7)33-28(38)22-12-9-21(10-13-22)11-14-23-17-36(19(4)5)27-26(23)29(39)35-31(34-27)32-18(2)3/h9-10,12-13,17-20,24H,8,11,14-16H2,1-7H3,(H,33,38)(H2,32,34,35,39)/t24-/m0/s1. The first kappa shape index (κ1) is 32.4. The van der Waals surface area contributed by atoms with Crippen molar-refractivity contribution in [2.75, 3.05) is 11.9 Å². The van der Waals surface area contributed by atoms with Crippen LogP contribution in [0.1, 0.15) is 88.8 Å². The van der Waals surface area contributed by atoms with E-state index in [-0.39, 0.29) is 43.2 Å². The SMILES string of the molecule is CCOC(=O)CC[C@H](NC(=O)c1ccc(CCc2cn(C(C)C)c3nc(NC(C)C)[nH]c(=O)c23)cc1)C(=O)OC(C)C. The van der Waals surface area contributed by atoms with Crippen molar-refractivity contribution in [1.29, 1.82) is 0 Å². The van der Waals surface area contributed by atoms with Gasteiger partial charge in [-0.3, -0.25) is 19.4 Å². The van der Waals surface area contributed by atoms with Gasteiger partial charge in [-0.2, -0.15) is 4.98 Å². The Morgan fingerprint density at radius 3 is 2.31 bits per heavy atom. The predicted molar refractivity (Wildman–Crippen MR) is 162 cm³/mol. The van der Waals surface area contributed by atoms with Gasteiger partial charge in [0, 0.05) is 30.3 Å². The first-order chi connectivity index (χ1) is 19.9. The summed E-state index contributed by atoms with van der Waals surface area (Å²) in [6, 6.07) is 6.35. The lowest BCUT2D eigenvalue weighted by Crippen LogP contribution is -2.43. The number of hydrogen-bond acceptors (Lipinski definition) is 8. The monoisotopic (exact) mass is 581 g/mol. The summed E-state index contributed by atoms with van der Waals surface area (Å²) in [4.78, 5) is 57.9. The Labute approximate surface area is 246 Å². The number of aromatic amines is 1. The molecule has 1 atom stereocenters. The molecule has 3 N–H and O–H groups in total. The highest BCUT2D eigenvalue weighted by atomic mass is 16.5. The molecule has 0 aliphatic rings. The molecule has 0 spiro atoms. The van der Waals surface area contributed by atoms with Crippen LogP contribution in [0.2, 0.25) is 0 Å². The maximum Gasteiger partial charge on any atom is 0.328 e. The number of esters is 2. The third-order valence-electron chi connectivity index (χ3n) is 6.53. The summed E-state index contributed by atoms with van der Waals surface area (Å²) in [5, 5.41) is 6.44. The average molecular weight is 582 g/mol. The summed E-state index contributed by atoms with van der Waals surface area (Å²) in [7, 11) is 0. The number of carbonyl (C=O) groups excluding carboxylic acids is 3. The highest BCUT2D eigenvalue weighted by Gasteiger charge is 2.25. The fourth-order valence-corrected chi connectivity index (χ4v) is 4.56. The van der Waals surface area contributed by atoms with Crippen LogP contribution >= 0.6 is 0 Å². The predicted octanol–water partition coefficient (Wildman–Crippen LogP) is 4.30. The summed E-state index contributed by atoms with van der Waals surface area (Å²) in [6.45, 7) is 13.4. The van der Waals surface area contributed by atoms with Crippen LogP contribution in [0.15, 0.2) is 35.3 Å². The number of ether oxygens (including phenoxy) is 2. The zero-order chi connectivity index (χ0) is 31.0. The lowest BCUT2D eigenvalue weighted by molar-refractivity contribution is -0.150. The first-order valence-electron chi connectivity index (χ1n) is 14.6. The van der Waals surface area contributed by atoms with Gasteiger partial charge >= 0.3 is 11.9 Å². The van der Waals surface area contributed by atoms with E-state index in [4.69, 9.17) is 9.47 Å². The van der Waals surface area contributed by atoms with Gasteiger partial charge in [0.1, 0.15) is 11.7 Å². The summed E-state index contributed by atoms with van der Waals surface area (Å²) in [5.74, 6) is -1.04. The second-order valence-electron chi connectivity index (χ2n) is 11.1. The molecule has 3 rings (SSSR count). The molecule has 228 valence electrons. The minimum Gasteiger partial charge on any atom is -0.466 e. The molecular weight excluding hydrogens is 538 g/mol. The number of amides is 1. The third-order valence-corrected chi connectivity index (χ3v) is 6.53. The van der Waals surface area contributed by atoms with Gasteiger partial charge in [-0.25, -0.2) is 4.79 Å². The number of benzene rings is 1. The van der Waals surface area contributed by atoms with E-state index >= 15 is 0 Å². The number of nitrogens with zero attached hydrogens (tertiary/aromatic N) is 2. The molecule has 0 saturated carbocycles. The first-order valence-corrected chi connectivity index (χ1v) is 14.6. The molecule has 2 heterocycles. The van der Waals surface area contributed by atoms with E-state index in [2.05, 4.69) is 34.4 Å². The van der Waals surface area contributed by atoms with Crippen molar-refractivity contribution in [3.63, 3.8) is 0 Å².